The van der Waals surface area contributed by atoms with Crippen LogP contribution in [-0.2, 0) is 11.2 Å². The molecule has 0 unspecified atom stereocenters. The van der Waals surface area contributed by atoms with Crippen LogP contribution >= 0.6 is 11.3 Å². The number of carbonyl (C=O) groups excluding carboxylic acids is 2. The van der Waals surface area contributed by atoms with E-state index in [-0.39, 0.29) is 18.2 Å². The van der Waals surface area contributed by atoms with Crippen molar-refractivity contribution in [2.75, 3.05) is 0 Å². The zero-order valence-electron chi connectivity index (χ0n) is 11.2. The van der Waals surface area contributed by atoms with Gasteiger partial charge in [0.2, 0.25) is 5.91 Å². The lowest BCUT2D eigenvalue weighted by Crippen LogP contribution is -2.41. The molecule has 0 saturated heterocycles. The smallest absolute Gasteiger partial charge is 0.279 e. The average molecular weight is 293 g/mol. The van der Waals surface area contributed by atoms with Crippen LogP contribution in [0.15, 0.2) is 22.0 Å². The molecule has 6 nitrogen and oxygen atoms in total. The summed E-state index contributed by atoms with van der Waals surface area (Å²) in [5.41, 5.74) is 6.49. The fourth-order valence-corrected chi connectivity index (χ4v) is 2.37. The van der Waals surface area contributed by atoms with Crippen LogP contribution in [0.4, 0.5) is 0 Å². The Morgan fingerprint density at radius 3 is 2.75 bits per heavy atom. The summed E-state index contributed by atoms with van der Waals surface area (Å²) in [6.45, 7) is 3.65. The number of aryl methyl sites for hydroxylation is 2. The first-order valence-electron chi connectivity index (χ1n) is 6.12. The average Bonchev–Trinajstić information content (AvgIpc) is 3.05. The van der Waals surface area contributed by atoms with Gasteiger partial charge >= 0.3 is 0 Å². The molecule has 2 rings (SSSR count). The Morgan fingerprint density at radius 2 is 2.15 bits per heavy atom. The number of nitrogens with one attached hydrogen (secondary N) is 2. The van der Waals surface area contributed by atoms with Crippen LogP contribution in [0.25, 0.3) is 0 Å². The number of thiophene rings is 1. The molecular weight excluding hydrogens is 278 g/mol. The molecule has 7 heteroatoms. The van der Waals surface area contributed by atoms with E-state index in [1.54, 1.807) is 17.5 Å². The summed E-state index contributed by atoms with van der Waals surface area (Å²) >= 11 is 1.31. The van der Waals surface area contributed by atoms with Gasteiger partial charge in [-0.1, -0.05) is 11.2 Å². The van der Waals surface area contributed by atoms with Crippen LogP contribution in [0, 0.1) is 13.8 Å². The van der Waals surface area contributed by atoms with Crippen molar-refractivity contribution in [2.24, 2.45) is 0 Å². The molecular formula is C13H15N3O3S. The Balaban J connectivity index is 1.77. The highest BCUT2D eigenvalue weighted by Crippen LogP contribution is 2.14. The standard InChI is InChI=1S/C13H15N3O3S/c1-8-10(9(2)19-16-8)5-6-12(17)14-15-13(18)11-4-3-7-20-11/h3-4,7H,5-6H2,1-2H3,(H,14,17)(H,15,18). The number of rotatable bonds is 4. The van der Waals surface area contributed by atoms with Gasteiger partial charge in [0.1, 0.15) is 5.76 Å². The molecule has 2 heterocycles. The topological polar surface area (TPSA) is 84.2 Å². The van der Waals surface area contributed by atoms with E-state index >= 15 is 0 Å². The lowest BCUT2D eigenvalue weighted by molar-refractivity contribution is -0.121. The minimum Gasteiger partial charge on any atom is -0.361 e. The molecule has 106 valence electrons. The Labute approximate surface area is 120 Å². The van der Waals surface area contributed by atoms with Crippen LogP contribution in [-0.4, -0.2) is 17.0 Å². The SMILES string of the molecule is Cc1noc(C)c1CCC(=O)NNC(=O)c1cccs1. The van der Waals surface area contributed by atoms with E-state index < -0.39 is 0 Å². The lowest BCUT2D eigenvalue weighted by Gasteiger charge is -2.06. The van der Waals surface area contributed by atoms with E-state index in [4.69, 9.17) is 4.52 Å². The van der Waals surface area contributed by atoms with E-state index in [1.807, 2.05) is 13.8 Å². The molecule has 0 saturated carbocycles. The van der Waals surface area contributed by atoms with Gasteiger partial charge in [0.05, 0.1) is 10.6 Å². The second-order valence-corrected chi connectivity index (χ2v) is 5.23. The molecule has 2 aromatic heterocycles. The third kappa shape index (κ3) is 3.45. The van der Waals surface area contributed by atoms with Crippen LogP contribution in [0.1, 0.15) is 33.1 Å². The molecule has 0 bridgehead atoms. The van der Waals surface area contributed by atoms with Crippen molar-refractivity contribution in [2.45, 2.75) is 26.7 Å². The first-order chi connectivity index (χ1) is 9.58. The maximum absolute atomic E-state index is 11.7. The Hall–Kier alpha value is -2.15. The van der Waals surface area contributed by atoms with Crippen LogP contribution in [0.3, 0.4) is 0 Å². The minimum absolute atomic E-state index is 0.255. The predicted octanol–water partition coefficient (Wildman–Crippen LogP) is 1.75. The van der Waals surface area contributed by atoms with E-state index in [9.17, 15) is 9.59 Å². The second-order valence-electron chi connectivity index (χ2n) is 4.28. The molecule has 0 spiro atoms. The molecule has 2 amide bonds. The molecule has 2 N–H and O–H groups in total. The number of carbonyl (C=O) groups is 2. The predicted molar refractivity (Wildman–Crippen MR) is 74.2 cm³/mol. The van der Waals surface area contributed by atoms with Gasteiger partial charge in [0.15, 0.2) is 0 Å². The number of amides is 2. The van der Waals surface area contributed by atoms with Gasteiger partial charge in [0.25, 0.3) is 5.91 Å². The maximum Gasteiger partial charge on any atom is 0.279 e. The normalized spacial score (nSPS) is 10.3. The van der Waals surface area contributed by atoms with Gasteiger partial charge in [-0.15, -0.1) is 11.3 Å². The molecule has 0 radical (unpaired) electrons. The molecule has 0 aromatic carbocycles. The van der Waals surface area contributed by atoms with Crippen molar-refractivity contribution in [3.63, 3.8) is 0 Å². The fraction of sp³-hybridized carbons (Fsp3) is 0.308. The lowest BCUT2D eigenvalue weighted by atomic mass is 10.1. The summed E-state index contributed by atoms with van der Waals surface area (Å²) in [5, 5.41) is 5.63. The summed E-state index contributed by atoms with van der Waals surface area (Å²) < 4.78 is 5.02. The van der Waals surface area contributed by atoms with Crippen molar-refractivity contribution in [1.29, 1.82) is 0 Å². The Kier molecular flexibility index (Phi) is 4.52. The summed E-state index contributed by atoms with van der Waals surface area (Å²) in [6, 6.07) is 3.47. The third-order valence-electron chi connectivity index (χ3n) is 2.84. The van der Waals surface area contributed by atoms with Crippen molar-refractivity contribution in [1.82, 2.24) is 16.0 Å². The summed E-state index contributed by atoms with van der Waals surface area (Å²) in [4.78, 5) is 23.8. The molecule has 0 aliphatic heterocycles. The number of hydrogen-bond donors (Lipinski definition) is 2. The van der Waals surface area contributed by atoms with Gasteiger partial charge in [0, 0.05) is 12.0 Å². The minimum atomic E-state index is -0.314. The second kappa shape index (κ2) is 6.33. The van der Waals surface area contributed by atoms with Gasteiger partial charge < -0.3 is 4.52 Å². The maximum atomic E-state index is 11.7. The van der Waals surface area contributed by atoms with Gasteiger partial charge in [-0.2, -0.15) is 0 Å². The number of hydrogen-bond acceptors (Lipinski definition) is 5. The third-order valence-corrected chi connectivity index (χ3v) is 3.71. The molecule has 0 atom stereocenters. The quantitative estimate of drug-likeness (QED) is 0.841. The van der Waals surface area contributed by atoms with E-state index in [2.05, 4.69) is 16.0 Å². The number of aromatic nitrogens is 1. The highest BCUT2D eigenvalue weighted by atomic mass is 32.1. The molecule has 0 fully saturated rings. The van der Waals surface area contributed by atoms with Crippen LogP contribution < -0.4 is 10.9 Å². The van der Waals surface area contributed by atoms with Crippen molar-refractivity contribution < 1.29 is 14.1 Å². The first-order valence-corrected chi connectivity index (χ1v) is 7.00. The highest BCUT2D eigenvalue weighted by molar-refractivity contribution is 7.12. The zero-order valence-corrected chi connectivity index (χ0v) is 12.0. The van der Waals surface area contributed by atoms with Gasteiger partial charge in [-0.05, 0) is 31.7 Å². The first kappa shape index (κ1) is 14.3. The number of nitrogens with zero attached hydrogens (tertiary/aromatic N) is 1. The van der Waals surface area contributed by atoms with Crippen molar-refractivity contribution in [3.05, 3.63) is 39.4 Å². The summed E-state index contributed by atoms with van der Waals surface area (Å²) in [5.74, 6) is 0.151. The monoisotopic (exact) mass is 293 g/mol. The molecule has 0 aliphatic rings. The summed E-state index contributed by atoms with van der Waals surface area (Å²) in [6.07, 6.45) is 0.787. The van der Waals surface area contributed by atoms with E-state index in [1.165, 1.54) is 11.3 Å². The van der Waals surface area contributed by atoms with Crippen LogP contribution in [0.2, 0.25) is 0 Å². The van der Waals surface area contributed by atoms with Crippen molar-refractivity contribution in [3.8, 4) is 0 Å². The Morgan fingerprint density at radius 1 is 1.35 bits per heavy atom. The largest absolute Gasteiger partial charge is 0.361 e. The highest BCUT2D eigenvalue weighted by Gasteiger charge is 2.12. The van der Waals surface area contributed by atoms with Gasteiger partial charge in [-0.25, -0.2) is 0 Å². The van der Waals surface area contributed by atoms with E-state index in [0.717, 1.165) is 17.0 Å². The fourth-order valence-electron chi connectivity index (χ4n) is 1.76. The molecule has 0 aliphatic carbocycles. The van der Waals surface area contributed by atoms with Gasteiger partial charge in [-0.3, -0.25) is 20.4 Å². The molecule has 2 aromatic rings. The summed E-state index contributed by atoms with van der Waals surface area (Å²) in [7, 11) is 0. The molecule has 20 heavy (non-hydrogen) atoms. The van der Waals surface area contributed by atoms with Crippen LogP contribution in [0.5, 0.6) is 0 Å². The van der Waals surface area contributed by atoms with Crippen molar-refractivity contribution >= 4 is 23.2 Å². The van der Waals surface area contributed by atoms with E-state index in [0.29, 0.717) is 11.3 Å². The number of hydrazine groups is 1. The Bertz CT molecular complexity index is 585. The zero-order chi connectivity index (χ0) is 14.5.